The van der Waals surface area contributed by atoms with Gasteiger partial charge in [0.05, 0.1) is 0 Å². The second-order valence-corrected chi connectivity index (χ2v) is 4.37. The van der Waals surface area contributed by atoms with Crippen molar-refractivity contribution in [2.45, 2.75) is 39.7 Å². The molecule has 3 amide bonds. The van der Waals surface area contributed by atoms with E-state index in [1.165, 1.54) is 6.92 Å². The predicted octanol–water partition coefficient (Wildman–Crippen LogP) is 2.96. The number of carbonyl (C=O) groups excluding carboxylic acids is 2. The fourth-order valence-corrected chi connectivity index (χ4v) is 1.72. The molecule has 0 aliphatic rings. The zero-order valence-corrected chi connectivity index (χ0v) is 11.6. The van der Waals surface area contributed by atoms with E-state index in [0.29, 0.717) is 11.4 Å². The molecule has 104 valence electrons. The van der Waals surface area contributed by atoms with Crippen LogP contribution in [0.4, 0.5) is 16.2 Å². The number of benzene rings is 1. The highest BCUT2D eigenvalue weighted by Crippen LogP contribution is 2.15. The van der Waals surface area contributed by atoms with E-state index in [1.54, 1.807) is 24.3 Å². The Morgan fingerprint density at radius 3 is 2.21 bits per heavy atom. The van der Waals surface area contributed by atoms with Crippen LogP contribution in [0.2, 0.25) is 0 Å². The molecule has 0 saturated carbocycles. The molecule has 1 rings (SSSR count). The quantitative estimate of drug-likeness (QED) is 0.764. The molecule has 0 saturated heterocycles. The van der Waals surface area contributed by atoms with E-state index in [1.807, 2.05) is 13.8 Å². The summed E-state index contributed by atoms with van der Waals surface area (Å²) < 4.78 is 0. The molecule has 0 aliphatic carbocycles. The van der Waals surface area contributed by atoms with Crippen LogP contribution in [0.5, 0.6) is 0 Å². The number of carbonyl (C=O) groups is 2. The fraction of sp³-hybridized carbons (Fsp3) is 0.429. The lowest BCUT2D eigenvalue weighted by molar-refractivity contribution is -0.114. The zero-order chi connectivity index (χ0) is 14.3. The third-order valence-electron chi connectivity index (χ3n) is 2.76. The Morgan fingerprint density at radius 2 is 1.68 bits per heavy atom. The molecule has 0 fully saturated rings. The summed E-state index contributed by atoms with van der Waals surface area (Å²) in [5.74, 6) is -0.140. The Hall–Kier alpha value is -2.04. The highest BCUT2D eigenvalue weighted by atomic mass is 16.2. The van der Waals surface area contributed by atoms with Gasteiger partial charge in [0.15, 0.2) is 0 Å². The van der Waals surface area contributed by atoms with Crippen molar-refractivity contribution < 1.29 is 9.59 Å². The van der Waals surface area contributed by atoms with Gasteiger partial charge < -0.3 is 16.0 Å². The van der Waals surface area contributed by atoms with Crippen LogP contribution in [-0.4, -0.2) is 18.0 Å². The smallest absolute Gasteiger partial charge is 0.319 e. The van der Waals surface area contributed by atoms with Gasteiger partial charge >= 0.3 is 6.03 Å². The minimum absolute atomic E-state index is 0.140. The van der Waals surface area contributed by atoms with E-state index in [2.05, 4.69) is 16.0 Å². The first-order valence-corrected chi connectivity index (χ1v) is 6.50. The summed E-state index contributed by atoms with van der Waals surface area (Å²) in [5, 5.41) is 8.31. The van der Waals surface area contributed by atoms with Crippen molar-refractivity contribution in [3.63, 3.8) is 0 Å². The van der Waals surface area contributed by atoms with Crippen molar-refractivity contribution in [3.8, 4) is 0 Å². The van der Waals surface area contributed by atoms with E-state index < -0.39 is 0 Å². The van der Waals surface area contributed by atoms with Crippen LogP contribution in [0.3, 0.4) is 0 Å². The number of nitrogens with one attached hydrogen (secondary N) is 3. The summed E-state index contributed by atoms with van der Waals surface area (Å²) in [5.41, 5.74) is 1.31. The van der Waals surface area contributed by atoms with Crippen LogP contribution < -0.4 is 16.0 Å². The minimum atomic E-state index is -0.228. The molecule has 0 aromatic heterocycles. The van der Waals surface area contributed by atoms with Gasteiger partial charge in [0.25, 0.3) is 0 Å². The zero-order valence-electron chi connectivity index (χ0n) is 11.6. The van der Waals surface area contributed by atoms with Crippen LogP contribution in [0.25, 0.3) is 0 Å². The molecule has 0 atom stereocenters. The monoisotopic (exact) mass is 263 g/mol. The minimum Gasteiger partial charge on any atom is -0.335 e. The van der Waals surface area contributed by atoms with Gasteiger partial charge in [0, 0.05) is 24.3 Å². The van der Waals surface area contributed by atoms with Crippen LogP contribution in [0.1, 0.15) is 33.6 Å². The first kappa shape index (κ1) is 15.0. The molecule has 0 heterocycles. The maximum absolute atomic E-state index is 11.8. The Kier molecular flexibility index (Phi) is 5.85. The predicted molar refractivity (Wildman–Crippen MR) is 77.3 cm³/mol. The van der Waals surface area contributed by atoms with E-state index >= 15 is 0 Å². The summed E-state index contributed by atoms with van der Waals surface area (Å²) in [6, 6.07) is 6.99. The lowest BCUT2D eigenvalue weighted by Crippen LogP contribution is -2.37. The van der Waals surface area contributed by atoms with Crippen molar-refractivity contribution in [1.29, 1.82) is 0 Å². The Labute approximate surface area is 113 Å². The molecule has 5 nitrogen and oxygen atoms in total. The summed E-state index contributed by atoms with van der Waals surface area (Å²) in [4.78, 5) is 22.7. The van der Waals surface area contributed by atoms with Crippen molar-refractivity contribution in [3.05, 3.63) is 24.3 Å². The first-order valence-electron chi connectivity index (χ1n) is 6.50. The molecule has 3 N–H and O–H groups in total. The molecular formula is C14H21N3O2. The van der Waals surface area contributed by atoms with Gasteiger partial charge in [-0.1, -0.05) is 19.9 Å². The lowest BCUT2D eigenvalue weighted by Gasteiger charge is -2.15. The van der Waals surface area contributed by atoms with Gasteiger partial charge in [0.1, 0.15) is 0 Å². The summed E-state index contributed by atoms with van der Waals surface area (Å²) in [6.07, 6.45) is 1.80. The van der Waals surface area contributed by atoms with Crippen LogP contribution in [0.15, 0.2) is 24.3 Å². The molecule has 1 aromatic carbocycles. The van der Waals surface area contributed by atoms with Crippen molar-refractivity contribution in [1.82, 2.24) is 5.32 Å². The fourth-order valence-electron chi connectivity index (χ4n) is 1.72. The third-order valence-corrected chi connectivity index (χ3v) is 2.76. The van der Waals surface area contributed by atoms with Gasteiger partial charge in [-0.2, -0.15) is 0 Å². The first-order chi connectivity index (χ1) is 9.05. The van der Waals surface area contributed by atoms with Gasteiger partial charge in [-0.15, -0.1) is 0 Å². The maximum Gasteiger partial charge on any atom is 0.319 e. The van der Waals surface area contributed by atoms with Crippen molar-refractivity contribution in [2.24, 2.45) is 0 Å². The van der Waals surface area contributed by atoms with E-state index in [-0.39, 0.29) is 18.0 Å². The van der Waals surface area contributed by atoms with Gasteiger partial charge in [-0.3, -0.25) is 4.79 Å². The van der Waals surface area contributed by atoms with Gasteiger partial charge in [0.2, 0.25) is 5.91 Å². The molecule has 0 bridgehead atoms. The number of amides is 3. The van der Waals surface area contributed by atoms with E-state index in [9.17, 15) is 9.59 Å². The molecular weight excluding hydrogens is 242 g/mol. The molecule has 0 radical (unpaired) electrons. The topological polar surface area (TPSA) is 70.2 Å². The average Bonchev–Trinajstić information content (AvgIpc) is 2.35. The second kappa shape index (κ2) is 7.41. The van der Waals surface area contributed by atoms with Crippen LogP contribution in [-0.2, 0) is 4.79 Å². The largest absolute Gasteiger partial charge is 0.335 e. The SMILES string of the molecule is CCC(CC)NC(=O)Nc1cccc(NC(C)=O)c1. The van der Waals surface area contributed by atoms with Gasteiger partial charge in [-0.25, -0.2) is 4.79 Å². The molecule has 0 aliphatic heterocycles. The Balaban J connectivity index is 2.61. The Morgan fingerprint density at radius 1 is 1.11 bits per heavy atom. The summed E-state index contributed by atoms with van der Waals surface area (Å²) in [6.45, 7) is 5.51. The standard InChI is InChI=1S/C14H21N3O2/c1-4-11(5-2)16-14(19)17-13-8-6-7-12(9-13)15-10(3)18/h6-9,11H,4-5H2,1-3H3,(H,15,18)(H2,16,17,19). The van der Waals surface area contributed by atoms with Gasteiger partial charge in [-0.05, 0) is 31.0 Å². The highest BCUT2D eigenvalue weighted by molar-refractivity contribution is 5.92. The molecule has 5 heteroatoms. The van der Waals surface area contributed by atoms with Crippen molar-refractivity contribution in [2.75, 3.05) is 10.6 Å². The van der Waals surface area contributed by atoms with Crippen LogP contribution in [0, 0.1) is 0 Å². The molecule has 19 heavy (non-hydrogen) atoms. The van der Waals surface area contributed by atoms with Crippen LogP contribution >= 0.6 is 0 Å². The lowest BCUT2D eigenvalue weighted by atomic mass is 10.2. The number of hydrogen-bond donors (Lipinski definition) is 3. The summed E-state index contributed by atoms with van der Waals surface area (Å²) in [7, 11) is 0. The number of hydrogen-bond acceptors (Lipinski definition) is 2. The second-order valence-electron chi connectivity index (χ2n) is 4.37. The normalized spacial score (nSPS) is 10.1. The summed E-state index contributed by atoms with van der Waals surface area (Å²) >= 11 is 0. The average molecular weight is 263 g/mol. The molecule has 0 spiro atoms. The van der Waals surface area contributed by atoms with E-state index in [0.717, 1.165) is 12.8 Å². The van der Waals surface area contributed by atoms with E-state index in [4.69, 9.17) is 0 Å². The third kappa shape index (κ3) is 5.42. The van der Waals surface area contributed by atoms with Crippen molar-refractivity contribution >= 4 is 23.3 Å². The molecule has 1 aromatic rings. The molecule has 0 unspecified atom stereocenters. The number of urea groups is 1. The maximum atomic E-state index is 11.8. The Bertz CT molecular complexity index is 442. The number of anilines is 2. The number of rotatable bonds is 5. The highest BCUT2D eigenvalue weighted by Gasteiger charge is 2.08.